The topological polar surface area (TPSA) is 65.7 Å². The number of piperidine rings is 1. The monoisotopic (exact) mass is 420 g/mol. The molecular weight excluding hydrogens is 388 g/mol. The zero-order chi connectivity index (χ0) is 22.0. The number of carbonyl (C=O) groups excluding carboxylic acids is 1. The molecule has 0 bridgehead atoms. The van der Waals surface area contributed by atoms with Gasteiger partial charge in [-0.3, -0.25) is 9.69 Å². The Morgan fingerprint density at radius 3 is 2.39 bits per heavy atom. The molecular formula is C26H32N2O3. The van der Waals surface area contributed by atoms with Crippen LogP contribution in [0.25, 0.3) is 11.0 Å². The third kappa shape index (κ3) is 4.19. The number of amides is 1. The van der Waals surface area contributed by atoms with E-state index in [-0.39, 0.29) is 11.7 Å². The smallest absolute Gasteiger partial charge is 0.259 e. The maximum Gasteiger partial charge on any atom is 0.259 e. The number of aryl methyl sites for hydroxylation is 3. The first-order valence-corrected chi connectivity index (χ1v) is 11.4. The second-order valence-electron chi connectivity index (χ2n) is 8.42. The minimum Gasteiger partial charge on any atom is -0.508 e. The van der Waals surface area contributed by atoms with Crippen molar-refractivity contribution in [3.63, 3.8) is 0 Å². The van der Waals surface area contributed by atoms with Crippen molar-refractivity contribution in [3.05, 3.63) is 58.3 Å². The number of furan rings is 1. The first-order valence-electron chi connectivity index (χ1n) is 11.4. The highest BCUT2D eigenvalue weighted by Crippen LogP contribution is 2.36. The van der Waals surface area contributed by atoms with Crippen molar-refractivity contribution >= 4 is 22.6 Å². The number of phenols is 1. The molecule has 0 radical (unpaired) electrons. The number of likely N-dealkylation sites (tertiary alicyclic amines) is 1. The number of hydrogen-bond donors (Lipinski definition) is 2. The lowest BCUT2D eigenvalue weighted by molar-refractivity contribution is 0.102. The molecule has 0 saturated carbocycles. The highest BCUT2D eigenvalue weighted by molar-refractivity contribution is 6.14. The molecule has 1 saturated heterocycles. The van der Waals surface area contributed by atoms with E-state index >= 15 is 0 Å². The molecule has 4 rings (SSSR count). The van der Waals surface area contributed by atoms with Crippen LogP contribution in [0.15, 0.2) is 34.7 Å². The van der Waals surface area contributed by atoms with E-state index in [1.165, 1.54) is 19.3 Å². The van der Waals surface area contributed by atoms with Crippen LogP contribution in [0.4, 0.5) is 5.69 Å². The van der Waals surface area contributed by atoms with E-state index in [0.717, 1.165) is 53.7 Å². The summed E-state index contributed by atoms with van der Waals surface area (Å²) in [6.45, 7) is 8.66. The summed E-state index contributed by atoms with van der Waals surface area (Å²) >= 11 is 0. The van der Waals surface area contributed by atoms with Gasteiger partial charge in [-0.15, -0.1) is 0 Å². The van der Waals surface area contributed by atoms with Gasteiger partial charge in [-0.2, -0.15) is 0 Å². The fourth-order valence-corrected chi connectivity index (χ4v) is 4.72. The molecule has 2 N–H and O–H groups in total. The van der Waals surface area contributed by atoms with Crippen LogP contribution in [0.1, 0.15) is 65.9 Å². The van der Waals surface area contributed by atoms with Crippen LogP contribution >= 0.6 is 0 Å². The van der Waals surface area contributed by atoms with E-state index in [1.807, 2.05) is 13.0 Å². The van der Waals surface area contributed by atoms with Crippen molar-refractivity contribution in [2.24, 2.45) is 0 Å². The van der Waals surface area contributed by atoms with Crippen LogP contribution < -0.4 is 5.32 Å². The SMILES string of the molecule is CCc1cccc(CC)c1NC(=O)c1c(C)oc2ccc(O)c(CN3CCCCC3)c12. The summed E-state index contributed by atoms with van der Waals surface area (Å²) in [6.07, 6.45) is 5.27. The molecule has 2 aromatic carbocycles. The van der Waals surface area contributed by atoms with Crippen LogP contribution in [0, 0.1) is 6.92 Å². The van der Waals surface area contributed by atoms with Crippen LogP contribution in [0.3, 0.4) is 0 Å². The largest absolute Gasteiger partial charge is 0.508 e. The summed E-state index contributed by atoms with van der Waals surface area (Å²) in [5.41, 5.74) is 5.08. The standard InChI is InChI=1S/C26H32N2O3/c1-4-18-10-9-11-19(5-2)25(18)27-26(30)23-17(3)31-22-13-12-21(29)20(24(22)23)16-28-14-7-6-8-15-28/h9-13,29H,4-8,14-16H2,1-3H3,(H,27,30). The molecule has 31 heavy (non-hydrogen) atoms. The zero-order valence-corrected chi connectivity index (χ0v) is 18.8. The van der Waals surface area contributed by atoms with Crippen molar-refractivity contribution < 1.29 is 14.3 Å². The third-order valence-corrected chi connectivity index (χ3v) is 6.41. The fourth-order valence-electron chi connectivity index (χ4n) is 4.72. The number of rotatable bonds is 6. The number of para-hydroxylation sites is 1. The molecule has 5 nitrogen and oxygen atoms in total. The molecule has 1 aliphatic rings. The molecule has 0 spiro atoms. The van der Waals surface area contributed by atoms with Crippen molar-refractivity contribution in [2.45, 2.75) is 59.4 Å². The highest BCUT2D eigenvalue weighted by Gasteiger charge is 2.25. The molecule has 164 valence electrons. The summed E-state index contributed by atoms with van der Waals surface area (Å²) in [5.74, 6) is 0.610. The van der Waals surface area contributed by atoms with Gasteiger partial charge in [0, 0.05) is 23.2 Å². The van der Waals surface area contributed by atoms with Crippen LogP contribution in [-0.4, -0.2) is 29.0 Å². The van der Waals surface area contributed by atoms with E-state index in [9.17, 15) is 9.90 Å². The van der Waals surface area contributed by atoms with Gasteiger partial charge in [-0.1, -0.05) is 38.5 Å². The first-order chi connectivity index (χ1) is 15.0. The highest BCUT2D eigenvalue weighted by atomic mass is 16.3. The van der Waals surface area contributed by atoms with E-state index in [1.54, 1.807) is 12.1 Å². The van der Waals surface area contributed by atoms with Gasteiger partial charge in [0.2, 0.25) is 0 Å². The fraction of sp³-hybridized carbons (Fsp3) is 0.423. The van der Waals surface area contributed by atoms with E-state index in [0.29, 0.717) is 23.5 Å². The Morgan fingerprint density at radius 2 is 1.74 bits per heavy atom. The van der Waals surface area contributed by atoms with Crippen molar-refractivity contribution in [2.75, 3.05) is 18.4 Å². The lowest BCUT2D eigenvalue weighted by Gasteiger charge is -2.27. The molecule has 0 atom stereocenters. The van der Waals surface area contributed by atoms with Crippen LogP contribution in [0.2, 0.25) is 0 Å². The van der Waals surface area contributed by atoms with E-state index in [4.69, 9.17) is 4.42 Å². The Kier molecular flexibility index (Phi) is 6.33. The van der Waals surface area contributed by atoms with Crippen molar-refractivity contribution in [1.29, 1.82) is 0 Å². The average Bonchev–Trinajstić information content (AvgIpc) is 3.12. The number of nitrogens with zero attached hydrogens (tertiary/aromatic N) is 1. The average molecular weight is 421 g/mol. The zero-order valence-electron chi connectivity index (χ0n) is 18.8. The van der Waals surface area contributed by atoms with Gasteiger partial charge in [0.1, 0.15) is 17.1 Å². The minimum atomic E-state index is -0.183. The molecule has 2 heterocycles. The van der Waals surface area contributed by atoms with Crippen molar-refractivity contribution in [3.8, 4) is 5.75 Å². The quantitative estimate of drug-likeness (QED) is 0.528. The molecule has 1 fully saturated rings. The van der Waals surface area contributed by atoms with Crippen LogP contribution in [0.5, 0.6) is 5.75 Å². The third-order valence-electron chi connectivity index (χ3n) is 6.41. The van der Waals surface area contributed by atoms with E-state index < -0.39 is 0 Å². The molecule has 0 aliphatic carbocycles. The number of carbonyl (C=O) groups is 1. The number of phenolic OH excluding ortho intramolecular Hbond substituents is 1. The van der Waals surface area contributed by atoms with Crippen LogP contribution in [-0.2, 0) is 19.4 Å². The summed E-state index contributed by atoms with van der Waals surface area (Å²) in [4.78, 5) is 15.9. The number of fused-ring (bicyclic) bond motifs is 1. The number of aromatic hydroxyl groups is 1. The molecule has 1 aromatic heterocycles. The minimum absolute atomic E-state index is 0.183. The van der Waals surface area contributed by atoms with Gasteiger partial charge < -0.3 is 14.8 Å². The second kappa shape index (κ2) is 9.15. The molecule has 1 amide bonds. The number of benzene rings is 2. The second-order valence-corrected chi connectivity index (χ2v) is 8.42. The lowest BCUT2D eigenvalue weighted by Crippen LogP contribution is -2.29. The summed E-state index contributed by atoms with van der Waals surface area (Å²) in [5, 5.41) is 14.6. The van der Waals surface area contributed by atoms with Gasteiger partial charge in [-0.25, -0.2) is 0 Å². The van der Waals surface area contributed by atoms with Crippen molar-refractivity contribution in [1.82, 2.24) is 4.90 Å². The molecule has 5 heteroatoms. The first kappa shape index (κ1) is 21.4. The van der Waals surface area contributed by atoms with E-state index in [2.05, 4.69) is 36.2 Å². The summed E-state index contributed by atoms with van der Waals surface area (Å²) < 4.78 is 5.97. The van der Waals surface area contributed by atoms with Gasteiger partial charge in [0.15, 0.2) is 0 Å². The Hall–Kier alpha value is -2.79. The Balaban J connectivity index is 1.76. The maximum absolute atomic E-state index is 13.5. The molecule has 1 aliphatic heterocycles. The normalized spacial score (nSPS) is 14.8. The number of hydrogen-bond acceptors (Lipinski definition) is 4. The maximum atomic E-state index is 13.5. The Labute approximate surface area is 184 Å². The Bertz CT molecular complexity index is 1070. The van der Waals surface area contributed by atoms with Gasteiger partial charge in [-0.05, 0) is 69.0 Å². The van der Waals surface area contributed by atoms with Gasteiger partial charge >= 0.3 is 0 Å². The Morgan fingerprint density at radius 1 is 1.06 bits per heavy atom. The molecule has 3 aromatic rings. The summed E-state index contributed by atoms with van der Waals surface area (Å²) in [6, 6.07) is 9.59. The lowest BCUT2D eigenvalue weighted by atomic mass is 10.00. The predicted octanol–water partition coefficient (Wildman–Crippen LogP) is 5.81. The summed E-state index contributed by atoms with van der Waals surface area (Å²) in [7, 11) is 0. The van der Waals surface area contributed by atoms with Gasteiger partial charge in [0.05, 0.1) is 5.56 Å². The van der Waals surface area contributed by atoms with Gasteiger partial charge in [0.25, 0.3) is 5.91 Å². The number of anilines is 1. The predicted molar refractivity (Wildman–Crippen MR) is 125 cm³/mol. The molecule has 0 unspecified atom stereocenters. The number of nitrogens with one attached hydrogen (secondary N) is 1.